The van der Waals surface area contributed by atoms with E-state index in [0.717, 1.165) is 0 Å². The molecule has 0 fully saturated rings. The summed E-state index contributed by atoms with van der Waals surface area (Å²) in [6.07, 6.45) is -1.12. The maximum atomic E-state index is 12.6. The van der Waals surface area contributed by atoms with Crippen molar-refractivity contribution in [1.29, 1.82) is 0 Å². The molecule has 0 bridgehead atoms. The Kier molecular flexibility index (Phi) is 7.37. The van der Waals surface area contributed by atoms with Gasteiger partial charge in [-0.2, -0.15) is 0 Å². The average molecular weight is 418 g/mol. The Balaban J connectivity index is 1.55. The van der Waals surface area contributed by atoms with Crippen molar-refractivity contribution in [3.8, 4) is 5.75 Å². The van der Waals surface area contributed by atoms with Crippen molar-refractivity contribution in [3.05, 3.63) is 102 Å². The molecule has 2 amide bonds. The van der Waals surface area contributed by atoms with Crippen molar-refractivity contribution in [2.75, 3.05) is 0 Å². The minimum absolute atomic E-state index is 0.170. The highest BCUT2D eigenvalue weighted by atomic mass is 16.5. The van der Waals surface area contributed by atoms with Gasteiger partial charge in [0.25, 0.3) is 11.8 Å². The molecule has 0 aromatic heterocycles. The monoisotopic (exact) mass is 418 g/mol. The first kappa shape index (κ1) is 21.6. The van der Waals surface area contributed by atoms with E-state index in [9.17, 15) is 14.4 Å². The van der Waals surface area contributed by atoms with Gasteiger partial charge < -0.3 is 9.47 Å². The highest BCUT2D eigenvalue weighted by Gasteiger charge is 2.21. The number of nitrogens with one attached hydrogen (secondary N) is 2. The predicted octanol–water partition coefficient (Wildman–Crippen LogP) is 3.27. The average Bonchev–Trinajstić information content (AvgIpc) is 2.82. The number of hydrogen-bond donors (Lipinski definition) is 2. The van der Waals surface area contributed by atoms with Crippen LogP contribution in [0.2, 0.25) is 0 Å². The van der Waals surface area contributed by atoms with Crippen LogP contribution in [0.3, 0.4) is 0 Å². The molecule has 7 nitrogen and oxygen atoms in total. The zero-order chi connectivity index (χ0) is 22.1. The van der Waals surface area contributed by atoms with Crippen molar-refractivity contribution in [1.82, 2.24) is 10.9 Å². The summed E-state index contributed by atoms with van der Waals surface area (Å²) in [6.45, 7) is 1.59. The molecule has 158 valence electrons. The minimum Gasteiger partial charge on any atom is -0.489 e. The van der Waals surface area contributed by atoms with Crippen LogP contribution in [-0.2, 0) is 16.1 Å². The lowest BCUT2D eigenvalue weighted by molar-refractivity contribution is -0.129. The standard InChI is InChI=1S/C24H22N2O5/c1-17(22(27)25-26-23(28)18-10-4-2-5-11-18)31-24(29)21-15-9-8-12-19(21)16-30-20-13-6-3-7-14-20/h2-15,17H,16H2,1H3,(H,25,27)(H,26,28)/t17-/m0/s1. The van der Waals surface area contributed by atoms with Crippen LogP contribution in [0.5, 0.6) is 5.75 Å². The van der Waals surface area contributed by atoms with E-state index in [4.69, 9.17) is 9.47 Å². The van der Waals surface area contributed by atoms with Crippen molar-refractivity contribution in [3.63, 3.8) is 0 Å². The number of carbonyl (C=O) groups excluding carboxylic acids is 3. The Morgan fingerprint density at radius 2 is 1.42 bits per heavy atom. The number of carbonyl (C=O) groups is 3. The minimum atomic E-state index is -1.12. The molecule has 0 saturated heterocycles. The summed E-state index contributed by atoms with van der Waals surface area (Å²) in [7, 11) is 0. The number of ether oxygens (including phenoxy) is 2. The predicted molar refractivity (Wildman–Crippen MR) is 114 cm³/mol. The van der Waals surface area contributed by atoms with E-state index >= 15 is 0 Å². The number of rotatable bonds is 7. The summed E-state index contributed by atoms with van der Waals surface area (Å²) in [5, 5.41) is 0. The summed E-state index contributed by atoms with van der Waals surface area (Å²) < 4.78 is 11.0. The molecule has 0 heterocycles. The Labute approximate surface area is 180 Å². The lowest BCUT2D eigenvalue weighted by atomic mass is 10.1. The second kappa shape index (κ2) is 10.6. The van der Waals surface area contributed by atoms with Crippen molar-refractivity contribution in [2.24, 2.45) is 0 Å². The van der Waals surface area contributed by atoms with Crippen LogP contribution in [0, 0.1) is 0 Å². The first-order chi connectivity index (χ1) is 15.0. The molecule has 31 heavy (non-hydrogen) atoms. The molecule has 0 spiro atoms. The Morgan fingerprint density at radius 1 is 0.806 bits per heavy atom. The van der Waals surface area contributed by atoms with Gasteiger partial charge in [0.15, 0.2) is 6.10 Å². The topological polar surface area (TPSA) is 93.7 Å². The molecule has 7 heteroatoms. The fourth-order valence-electron chi connectivity index (χ4n) is 2.68. The normalized spacial score (nSPS) is 11.1. The van der Waals surface area contributed by atoms with Crippen molar-refractivity contribution in [2.45, 2.75) is 19.6 Å². The largest absolute Gasteiger partial charge is 0.489 e. The number of hydrazine groups is 1. The molecule has 0 radical (unpaired) electrons. The van der Waals surface area contributed by atoms with Gasteiger partial charge in [0.2, 0.25) is 0 Å². The van der Waals surface area contributed by atoms with Gasteiger partial charge >= 0.3 is 5.97 Å². The molecule has 1 atom stereocenters. The highest BCUT2D eigenvalue weighted by molar-refractivity contribution is 5.96. The summed E-state index contributed by atoms with van der Waals surface area (Å²) in [5.41, 5.74) is 5.86. The lowest BCUT2D eigenvalue weighted by Gasteiger charge is -2.15. The van der Waals surface area contributed by atoms with Crippen LogP contribution in [-0.4, -0.2) is 23.9 Å². The van der Waals surface area contributed by atoms with Crippen LogP contribution in [0.25, 0.3) is 0 Å². The van der Waals surface area contributed by atoms with Crippen molar-refractivity contribution >= 4 is 17.8 Å². The van der Waals surface area contributed by atoms with E-state index < -0.39 is 23.9 Å². The molecular formula is C24H22N2O5. The molecule has 0 aliphatic carbocycles. The van der Waals surface area contributed by atoms with Crippen LogP contribution < -0.4 is 15.6 Å². The molecule has 3 aromatic carbocycles. The number of benzene rings is 3. The van der Waals surface area contributed by atoms with Gasteiger partial charge in [-0.05, 0) is 37.3 Å². The van der Waals surface area contributed by atoms with Crippen molar-refractivity contribution < 1.29 is 23.9 Å². The summed E-state index contributed by atoms with van der Waals surface area (Å²) in [4.78, 5) is 36.8. The third kappa shape index (κ3) is 6.17. The van der Waals surface area contributed by atoms with Crippen LogP contribution in [0.4, 0.5) is 0 Å². The van der Waals surface area contributed by atoms with E-state index in [2.05, 4.69) is 10.9 Å². The third-order valence-electron chi connectivity index (χ3n) is 4.36. The maximum Gasteiger partial charge on any atom is 0.339 e. The van der Waals surface area contributed by atoms with Gasteiger partial charge in [-0.15, -0.1) is 0 Å². The fraction of sp³-hybridized carbons (Fsp3) is 0.125. The maximum absolute atomic E-state index is 12.6. The van der Waals surface area contributed by atoms with Gasteiger partial charge in [0.05, 0.1) is 5.56 Å². The zero-order valence-corrected chi connectivity index (χ0v) is 16.9. The van der Waals surface area contributed by atoms with Gasteiger partial charge in [0.1, 0.15) is 12.4 Å². The highest BCUT2D eigenvalue weighted by Crippen LogP contribution is 2.16. The fourth-order valence-corrected chi connectivity index (χ4v) is 2.68. The van der Waals surface area contributed by atoms with E-state index in [1.165, 1.54) is 6.92 Å². The van der Waals surface area contributed by atoms with Gasteiger partial charge in [-0.1, -0.05) is 54.6 Å². The lowest BCUT2D eigenvalue weighted by Crippen LogP contribution is -2.46. The number of esters is 1. The van der Waals surface area contributed by atoms with Gasteiger partial charge in [-0.3, -0.25) is 20.4 Å². The summed E-state index contributed by atoms with van der Waals surface area (Å²) in [5.74, 6) is -1.12. The van der Waals surface area contributed by atoms with E-state index in [1.807, 2.05) is 30.3 Å². The molecule has 0 saturated carbocycles. The third-order valence-corrected chi connectivity index (χ3v) is 4.36. The quantitative estimate of drug-likeness (QED) is 0.454. The number of amides is 2. The summed E-state index contributed by atoms with van der Waals surface area (Å²) in [6, 6.07) is 24.5. The van der Waals surface area contributed by atoms with Crippen LogP contribution in [0.1, 0.15) is 33.2 Å². The Bertz CT molecular complexity index is 1040. The van der Waals surface area contributed by atoms with Crippen LogP contribution in [0.15, 0.2) is 84.9 Å². The van der Waals surface area contributed by atoms with Crippen LogP contribution >= 0.6 is 0 Å². The number of para-hydroxylation sites is 1. The molecule has 0 aliphatic rings. The van der Waals surface area contributed by atoms with Gasteiger partial charge in [0, 0.05) is 11.1 Å². The molecule has 3 rings (SSSR count). The molecular weight excluding hydrogens is 396 g/mol. The Hall–Kier alpha value is -4.13. The van der Waals surface area contributed by atoms with E-state index in [0.29, 0.717) is 22.4 Å². The molecule has 3 aromatic rings. The summed E-state index contributed by atoms with van der Waals surface area (Å²) >= 11 is 0. The molecule has 2 N–H and O–H groups in total. The first-order valence-corrected chi connectivity index (χ1v) is 9.66. The zero-order valence-electron chi connectivity index (χ0n) is 16.9. The molecule has 0 unspecified atom stereocenters. The van der Waals surface area contributed by atoms with E-state index in [1.54, 1.807) is 54.6 Å². The van der Waals surface area contributed by atoms with E-state index in [-0.39, 0.29) is 6.61 Å². The number of hydrogen-bond acceptors (Lipinski definition) is 5. The first-order valence-electron chi connectivity index (χ1n) is 9.66. The Morgan fingerprint density at radius 3 is 2.13 bits per heavy atom. The molecule has 0 aliphatic heterocycles. The smallest absolute Gasteiger partial charge is 0.339 e. The SMILES string of the molecule is C[C@H](OC(=O)c1ccccc1COc1ccccc1)C(=O)NNC(=O)c1ccccc1. The second-order valence-electron chi connectivity index (χ2n) is 6.62. The van der Waals surface area contributed by atoms with Gasteiger partial charge in [-0.25, -0.2) is 4.79 Å². The second-order valence-corrected chi connectivity index (χ2v) is 6.62.